The standard InChI is InChI=1S/C34H49N3O3/c1-33(2,3)30-25-35(24-29(27-13-9-7-10-14-27)28-15-11-8-12-16-28)21-22-37(30)31(38)23-26-17-19-36(20-18-26)32(39)40-34(4,5)6/h7-16,26,29-30H,17-25H2,1-6H3. The fourth-order valence-corrected chi connectivity index (χ4v) is 6.09. The Hall–Kier alpha value is -2.86. The van der Waals surface area contributed by atoms with Crippen molar-refractivity contribution in [1.29, 1.82) is 0 Å². The summed E-state index contributed by atoms with van der Waals surface area (Å²) in [5, 5.41) is 0. The van der Waals surface area contributed by atoms with Gasteiger partial charge in [-0.1, -0.05) is 81.4 Å². The Labute approximate surface area is 241 Å². The van der Waals surface area contributed by atoms with Crippen LogP contribution < -0.4 is 0 Å². The molecule has 1 atom stereocenters. The molecule has 2 aliphatic heterocycles. The maximum atomic E-state index is 13.7. The van der Waals surface area contributed by atoms with E-state index in [1.807, 2.05) is 20.8 Å². The highest BCUT2D eigenvalue weighted by atomic mass is 16.6. The summed E-state index contributed by atoms with van der Waals surface area (Å²) in [7, 11) is 0. The summed E-state index contributed by atoms with van der Waals surface area (Å²) in [6, 6.07) is 21.7. The number of amides is 2. The number of ether oxygens (including phenoxy) is 1. The van der Waals surface area contributed by atoms with E-state index in [1.165, 1.54) is 11.1 Å². The lowest BCUT2D eigenvalue weighted by Crippen LogP contribution is -2.60. The molecule has 2 aromatic carbocycles. The summed E-state index contributed by atoms with van der Waals surface area (Å²) in [6.45, 7) is 17.2. The van der Waals surface area contributed by atoms with E-state index in [4.69, 9.17) is 4.74 Å². The zero-order valence-electron chi connectivity index (χ0n) is 25.4. The minimum absolute atomic E-state index is 0.0244. The summed E-state index contributed by atoms with van der Waals surface area (Å²) in [5.41, 5.74) is 2.15. The number of benzene rings is 2. The van der Waals surface area contributed by atoms with Crippen molar-refractivity contribution < 1.29 is 14.3 Å². The van der Waals surface area contributed by atoms with Crippen LogP contribution in [0.1, 0.15) is 77.8 Å². The van der Waals surface area contributed by atoms with Crippen LogP contribution in [-0.4, -0.2) is 77.6 Å². The van der Waals surface area contributed by atoms with E-state index < -0.39 is 5.60 Å². The van der Waals surface area contributed by atoms with Gasteiger partial charge in [0.15, 0.2) is 0 Å². The van der Waals surface area contributed by atoms with Crippen LogP contribution in [-0.2, 0) is 9.53 Å². The van der Waals surface area contributed by atoms with Crippen LogP contribution in [0.15, 0.2) is 60.7 Å². The van der Waals surface area contributed by atoms with Crippen molar-refractivity contribution in [3.05, 3.63) is 71.8 Å². The molecule has 2 aliphatic rings. The number of nitrogens with zero attached hydrogens (tertiary/aromatic N) is 3. The zero-order valence-corrected chi connectivity index (χ0v) is 25.4. The molecule has 218 valence electrons. The van der Waals surface area contributed by atoms with Gasteiger partial charge in [0.2, 0.25) is 5.91 Å². The van der Waals surface area contributed by atoms with E-state index in [0.29, 0.717) is 31.3 Å². The first-order chi connectivity index (χ1) is 18.9. The molecule has 2 amide bonds. The summed E-state index contributed by atoms with van der Waals surface area (Å²) < 4.78 is 5.54. The minimum Gasteiger partial charge on any atom is -0.444 e. The van der Waals surface area contributed by atoms with Gasteiger partial charge in [-0.05, 0) is 56.1 Å². The maximum absolute atomic E-state index is 13.7. The third-order valence-corrected chi connectivity index (χ3v) is 8.36. The van der Waals surface area contributed by atoms with Crippen molar-refractivity contribution in [1.82, 2.24) is 14.7 Å². The summed E-state index contributed by atoms with van der Waals surface area (Å²) >= 11 is 0. The summed E-state index contributed by atoms with van der Waals surface area (Å²) in [4.78, 5) is 32.7. The van der Waals surface area contributed by atoms with E-state index in [-0.39, 0.29) is 23.5 Å². The van der Waals surface area contributed by atoms with Gasteiger partial charge in [0.05, 0.1) is 0 Å². The highest BCUT2D eigenvalue weighted by Gasteiger charge is 2.39. The Balaban J connectivity index is 1.38. The van der Waals surface area contributed by atoms with E-state index in [2.05, 4.69) is 91.2 Å². The number of piperazine rings is 1. The number of hydrogen-bond acceptors (Lipinski definition) is 4. The molecule has 2 fully saturated rings. The first kappa shape index (κ1) is 30.1. The Kier molecular flexibility index (Phi) is 9.60. The van der Waals surface area contributed by atoms with E-state index in [1.54, 1.807) is 4.90 Å². The Bertz CT molecular complexity index is 1060. The Morgan fingerprint density at radius 3 is 1.88 bits per heavy atom. The third-order valence-electron chi connectivity index (χ3n) is 8.36. The van der Waals surface area contributed by atoms with Crippen molar-refractivity contribution in [2.45, 2.75) is 78.4 Å². The number of carbonyl (C=O) groups excluding carboxylic acids is 2. The lowest BCUT2D eigenvalue weighted by atomic mass is 9.82. The van der Waals surface area contributed by atoms with Gasteiger partial charge in [-0.2, -0.15) is 0 Å². The zero-order chi connectivity index (χ0) is 28.9. The molecule has 2 heterocycles. The lowest BCUT2D eigenvalue weighted by molar-refractivity contribution is -0.141. The third kappa shape index (κ3) is 8.09. The van der Waals surface area contributed by atoms with Crippen LogP contribution in [0.2, 0.25) is 0 Å². The first-order valence-electron chi connectivity index (χ1n) is 15.0. The van der Waals surface area contributed by atoms with Gasteiger partial charge >= 0.3 is 6.09 Å². The Morgan fingerprint density at radius 1 is 0.825 bits per heavy atom. The van der Waals surface area contributed by atoms with Gasteiger partial charge in [0.25, 0.3) is 0 Å². The number of rotatable bonds is 6. The average molecular weight is 548 g/mol. The molecule has 0 aliphatic carbocycles. The fourth-order valence-electron chi connectivity index (χ4n) is 6.09. The summed E-state index contributed by atoms with van der Waals surface area (Å²) in [6.07, 6.45) is 2.01. The highest BCUT2D eigenvalue weighted by Crippen LogP contribution is 2.32. The number of piperidine rings is 1. The van der Waals surface area contributed by atoms with Crippen molar-refractivity contribution in [2.75, 3.05) is 39.3 Å². The summed E-state index contributed by atoms with van der Waals surface area (Å²) in [5.74, 6) is 0.865. The molecule has 0 radical (unpaired) electrons. The monoisotopic (exact) mass is 547 g/mol. The van der Waals surface area contributed by atoms with Gasteiger partial charge in [-0.15, -0.1) is 0 Å². The van der Waals surface area contributed by atoms with Crippen molar-refractivity contribution in [2.24, 2.45) is 11.3 Å². The molecule has 6 nitrogen and oxygen atoms in total. The van der Waals surface area contributed by atoms with Gasteiger partial charge in [0, 0.05) is 57.6 Å². The van der Waals surface area contributed by atoms with Crippen LogP contribution in [0.4, 0.5) is 4.79 Å². The second-order valence-electron chi connectivity index (χ2n) is 13.7. The molecule has 4 rings (SSSR count). The maximum Gasteiger partial charge on any atom is 0.410 e. The molecule has 0 aromatic heterocycles. The van der Waals surface area contributed by atoms with Gasteiger partial charge in [-0.25, -0.2) is 4.79 Å². The second-order valence-corrected chi connectivity index (χ2v) is 13.7. The Morgan fingerprint density at radius 2 is 1.38 bits per heavy atom. The molecule has 0 saturated carbocycles. The molecule has 0 N–H and O–H groups in total. The topological polar surface area (TPSA) is 53.1 Å². The van der Waals surface area contributed by atoms with Crippen molar-refractivity contribution in [3.8, 4) is 0 Å². The van der Waals surface area contributed by atoms with E-state index in [0.717, 1.165) is 39.0 Å². The van der Waals surface area contributed by atoms with Crippen molar-refractivity contribution in [3.63, 3.8) is 0 Å². The first-order valence-corrected chi connectivity index (χ1v) is 15.0. The predicted octanol–water partition coefficient (Wildman–Crippen LogP) is 6.41. The van der Waals surface area contributed by atoms with Crippen LogP contribution >= 0.6 is 0 Å². The molecular weight excluding hydrogens is 498 g/mol. The van der Waals surface area contributed by atoms with E-state index in [9.17, 15) is 9.59 Å². The van der Waals surface area contributed by atoms with Gasteiger partial charge in [0.1, 0.15) is 5.60 Å². The fraction of sp³-hybridized carbons (Fsp3) is 0.588. The minimum atomic E-state index is -0.490. The molecule has 1 unspecified atom stereocenters. The normalized spacial score (nSPS) is 19.6. The highest BCUT2D eigenvalue weighted by molar-refractivity contribution is 5.77. The van der Waals surface area contributed by atoms with Crippen LogP contribution in [0.25, 0.3) is 0 Å². The van der Waals surface area contributed by atoms with Crippen LogP contribution in [0.5, 0.6) is 0 Å². The molecule has 6 heteroatoms. The molecule has 2 saturated heterocycles. The molecule has 2 aromatic rings. The molecular formula is C34H49N3O3. The largest absolute Gasteiger partial charge is 0.444 e. The number of hydrogen-bond donors (Lipinski definition) is 0. The predicted molar refractivity (Wildman–Crippen MR) is 161 cm³/mol. The average Bonchev–Trinajstić information content (AvgIpc) is 2.91. The molecule has 0 bridgehead atoms. The molecule has 0 spiro atoms. The van der Waals surface area contributed by atoms with Gasteiger partial charge < -0.3 is 14.5 Å². The number of likely N-dealkylation sites (tertiary alicyclic amines) is 1. The lowest BCUT2D eigenvalue weighted by Gasteiger charge is -2.48. The van der Waals surface area contributed by atoms with E-state index >= 15 is 0 Å². The smallest absolute Gasteiger partial charge is 0.410 e. The number of carbonyl (C=O) groups is 2. The SMILES string of the molecule is CC(C)(C)OC(=O)N1CCC(CC(=O)N2CCN(CC(c3ccccc3)c3ccccc3)CC2C(C)(C)C)CC1. The molecule has 40 heavy (non-hydrogen) atoms. The quantitative estimate of drug-likeness (QED) is 0.419. The van der Waals surface area contributed by atoms with Crippen molar-refractivity contribution >= 4 is 12.0 Å². The second kappa shape index (κ2) is 12.8. The van der Waals surface area contributed by atoms with Gasteiger partial charge in [-0.3, -0.25) is 9.69 Å². The van der Waals surface area contributed by atoms with Crippen LogP contribution in [0.3, 0.4) is 0 Å². The van der Waals surface area contributed by atoms with Crippen LogP contribution in [0, 0.1) is 11.3 Å².